The topological polar surface area (TPSA) is 81.2 Å². The summed E-state index contributed by atoms with van der Waals surface area (Å²) in [6.07, 6.45) is 1.47. The average molecular weight is 378 g/mol. The van der Waals surface area contributed by atoms with Crippen LogP contribution in [0.25, 0.3) is 0 Å². The van der Waals surface area contributed by atoms with Crippen molar-refractivity contribution in [2.45, 2.75) is 0 Å². The average Bonchev–Trinajstić information content (AvgIpc) is 2.66. The maximum Gasteiger partial charge on any atom is 0.259 e. The van der Waals surface area contributed by atoms with Gasteiger partial charge in [0.25, 0.3) is 5.91 Å². The lowest BCUT2D eigenvalue weighted by Gasteiger charge is -2.10. The Morgan fingerprint density at radius 3 is 2.46 bits per heavy atom. The number of benzene rings is 2. The summed E-state index contributed by atoms with van der Waals surface area (Å²) >= 11 is 6.12. The highest BCUT2D eigenvalue weighted by atomic mass is 35.5. The Balaban J connectivity index is 1.89. The first-order valence-corrected chi connectivity index (χ1v) is 8.06. The van der Waals surface area contributed by atoms with E-state index in [9.17, 15) is 4.79 Å². The van der Waals surface area contributed by atoms with Gasteiger partial charge in [-0.3, -0.25) is 4.79 Å². The molecule has 0 saturated carbocycles. The number of carbonyl (C=O) groups excluding carboxylic acids is 1. The molecule has 0 atom stereocenters. The Labute approximate surface area is 156 Å². The van der Waals surface area contributed by atoms with Crippen molar-refractivity contribution in [1.82, 2.24) is 5.43 Å². The summed E-state index contributed by atoms with van der Waals surface area (Å²) in [5, 5.41) is 7.29. The van der Waals surface area contributed by atoms with Crippen LogP contribution in [0.4, 0.5) is 5.69 Å². The predicted molar refractivity (Wildman–Crippen MR) is 102 cm³/mol. The van der Waals surface area contributed by atoms with Crippen molar-refractivity contribution in [2.75, 3.05) is 33.2 Å². The smallest absolute Gasteiger partial charge is 0.259 e. The van der Waals surface area contributed by atoms with Gasteiger partial charge in [0.05, 0.1) is 39.1 Å². The largest absolute Gasteiger partial charge is 0.497 e. The van der Waals surface area contributed by atoms with Crippen LogP contribution in [-0.2, 0) is 4.79 Å². The third-order valence-corrected chi connectivity index (χ3v) is 3.68. The molecule has 1 amide bonds. The molecular weight excluding hydrogens is 358 g/mol. The molecule has 0 aromatic heterocycles. The molecule has 0 radical (unpaired) electrons. The Hall–Kier alpha value is -2.93. The van der Waals surface area contributed by atoms with Gasteiger partial charge in [-0.05, 0) is 42.0 Å². The normalized spacial score (nSPS) is 10.5. The van der Waals surface area contributed by atoms with E-state index in [0.29, 0.717) is 22.1 Å². The summed E-state index contributed by atoms with van der Waals surface area (Å²) in [6.45, 7) is 0.0797. The van der Waals surface area contributed by atoms with Crippen LogP contribution in [0.2, 0.25) is 5.02 Å². The van der Waals surface area contributed by atoms with Crippen molar-refractivity contribution in [3.8, 4) is 17.2 Å². The number of anilines is 1. The van der Waals surface area contributed by atoms with E-state index in [4.69, 9.17) is 25.8 Å². The van der Waals surface area contributed by atoms with Crippen LogP contribution >= 0.6 is 11.6 Å². The van der Waals surface area contributed by atoms with Gasteiger partial charge in [-0.15, -0.1) is 0 Å². The number of hydrogen-bond acceptors (Lipinski definition) is 6. The van der Waals surface area contributed by atoms with E-state index in [1.54, 1.807) is 31.4 Å². The summed E-state index contributed by atoms with van der Waals surface area (Å²) in [4.78, 5) is 11.8. The molecule has 138 valence electrons. The van der Waals surface area contributed by atoms with Crippen LogP contribution in [0.1, 0.15) is 5.56 Å². The number of nitrogens with one attached hydrogen (secondary N) is 2. The molecule has 0 fully saturated rings. The lowest BCUT2D eigenvalue weighted by molar-refractivity contribution is -0.119. The minimum absolute atomic E-state index is 0.0797. The van der Waals surface area contributed by atoms with Gasteiger partial charge in [0.1, 0.15) is 5.75 Å². The summed E-state index contributed by atoms with van der Waals surface area (Å²) in [7, 11) is 4.62. The molecule has 2 aromatic rings. The van der Waals surface area contributed by atoms with Crippen LogP contribution in [0, 0.1) is 0 Å². The molecule has 0 aliphatic heterocycles. The minimum Gasteiger partial charge on any atom is -0.497 e. The van der Waals surface area contributed by atoms with Crippen LogP contribution in [0.5, 0.6) is 17.2 Å². The number of hydrogen-bond donors (Lipinski definition) is 2. The van der Waals surface area contributed by atoms with Gasteiger partial charge in [0.15, 0.2) is 11.5 Å². The second-order valence-electron chi connectivity index (χ2n) is 5.11. The highest BCUT2D eigenvalue weighted by Gasteiger charge is 2.10. The van der Waals surface area contributed by atoms with E-state index in [1.807, 2.05) is 12.1 Å². The fourth-order valence-electron chi connectivity index (χ4n) is 2.12. The fraction of sp³-hybridized carbons (Fsp3) is 0.222. The third kappa shape index (κ3) is 5.29. The molecule has 0 spiro atoms. The predicted octanol–water partition coefficient (Wildman–Crippen LogP) is 2.93. The molecule has 2 N–H and O–H groups in total. The first-order chi connectivity index (χ1) is 12.6. The van der Waals surface area contributed by atoms with Crippen molar-refractivity contribution in [2.24, 2.45) is 5.10 Å². The van der Waals surface area contributed by atoms with Crippen molar-refractivity contribution in [3.05, 3.63) is 47.0 Å². The Morgan fingerprint density at radius 1 is 1.12 bits per heavy atom. The molecule has 0 aliphatic rings. The number of hydrazone groups is 1. The zero-order valence-corrected chi connectivity index (χ0v) is 15.5. The molecule has 2 rings (SSSR count). The summed E-state index contributed by atoms with van der Waals surface area (Å²) in [5.41, 5.74) is 3.90. The van der Waals surface area contributed by atoms with E-state index in [2.05, 4.69) is 15.8 Å². The first kappa shape index (κ1) is 19.4. The summed E-state index contributed by atoms with van der Waals surface area (Å²) in [6, 6.07) is 10.6. The molecule has 0 bridgehead atoms. The first-order valence-electron chi connectivity index (χ1n) is 7.68. The van der Waals surface area contributed by atoms with Gasteiger partial charge in [-0.1, -0.05) is 11.6 Å². The van der Waals surface area contributed by atoms with Gasteiger partial charge in [-0.2, -0.15) is 5.10 Å². The quantitative estimate of drug-likeness (QED) is 0.546. The highest BCUT2D eigenvalue weighted by Crippen LogP contribution is 2.35. The van der Waals surface area contributed by atoms with Crippen molar-refractivity contribution >= 4 is 29.4 Å². The van der Waals surface area contributed by atoms with Crippen molar-refractivity contribution < 1.29 is 19.0 Å². The van der Waals surface area contributed by atoms with Crippen LogP contribution in [0.15, 0.2) is 41.5 Å². The van der Waals surface area contributed by atoms with Crippen LogP contribution in [-0.4, -0.2) is 40.0 Å². The lowest BCUT2D eigenvalue weighted by atomic mass is 10.2. The van der Waals surface area contributed by atoms with Crippen molar-refractivity contribution in [1.29, 1.82) is 0 Å². The van der Waals surface area contributed by atoms with Crippen LogP contribution < -0.4 is 25.0 Å². The second kappa shape index (κ2) is 9.53. The van der Waals surface area contributed by atoms with Gasteiger partial charge in [0.2, 0.25) is 0 Å². The third-order valence-electron chi connectivity index (χ3n) is 3.40. The SMILES string of the molecule is COc1ccc(NCC(=O)N/N=C/c2cc(Cl)c(OC)c(OC)c2)cc1. The number of methoxy groups -OCH3 is 3. The van der Waals surface area contributed by atoms with E-state index in [0.717, 1.165) is 11.4 Å². The number of halogens is 1. The molecule has 2 aromatic carbocycles. The lowest BCUT2D eigenvalue weighted by Crippen LogP contribution is -2.25. The maximum atomic E-state index is 11.8. The number of ether oxygens (including phenoxy) is 3. The van der Waals surface area contributed by atoms with Crippen molar-refractivity contribution in [3.63, 3.8) is 0 Å². The summed E-state index contributed by atoms with van der Waals surface area (Å²) in [5.74, 6) is 1.38. The molecule has 0 heterocycles. The summed E-state index contributed by atoms with van der Waals surface area (Å²) < 4.78 is 15.5. The second-order valence-corrected chi connectivity index (χ2v) is 5.52. The molecule has 8 heteroatoms. The molecule has 26 heavy (non-hydrogen) atoms. The number of amides is 1. The Bertz CT molecular complexity index is 779. The number of rotatable bonds is 8. The van der Waals surface area contributed by atoms with Gasteiger partial charge >= 0.3 is 0 Å². The maximum absolute atomic E-state index is 11.8. The standard InChI is InChI=1S/C18H20ClN3O4/c1-24-14-6-4-13(5-7-14)20-11-17(23)22-21-10-12-8-15(19)18(26-3)16(9-12)25-2/h4-10,20H,11H2,1-3H3,(H,22,23)/b21-10+. The molecular formula is C18H20ClN3O4. The zero-order chi connectivity index (χ0) is 18.9. The molecule has 0 saturated heterocycles. The number of nitrogens with zero attached hydrogens (tertiary/aromatic N) is 1. The van der Waals surface area contributed by atoms with E-state index in [1.165, 1.54) is 20.4 Å². The zero-order valence-electron chi connectivity index (χ0n) is 14.7. The van der Waals surface area contributed by atoms with Crippen LogP contribution in [0.3, 0.4) is 0 Å². The molecule has 7 nitrogen and oxygen atoms in total. The number of carbonyl (C=O) groups is 1. The molecule has 0 unspecified atom stereocenters. The van der Waals surface area contributed by atoms with E-state index < -0.39 is 0 Å². The van der Waals surface area contributed by atoms with E-state index >= 15 is 0 Å². The fourth-order valence-corrected chi connectivity index (χ4v) is 2.42. The Kier molecular flexibility index (Phi) is 7.11. The monoisotopic (exact) mass is 377 g/mol. The highest BCUT2D eigenvalue weighted by molar-refractivity contribution is 6.32. The van der Waals surface area contributed by atoms with Gasteiger partial charge < -0.3 is 19.5 Å². The van der Waals surface area contributed by atoms with Gasteiger partial charge in [0, 0.05) is 5.69 Å². The minimum atomic E-state index is -0.288. The van der Waals surface area contributed by atoms with Gasteiger partial charge in [-0.25, -0.2) is 5.43 Å². The molecule has 0 aliphatic carbocycles. The van der Waals surface area contributed by atoms with E-state index in [-0.39, 0.29) is 12.5 Å². The Morgan fingerprint density at radius 2 is 1.85 bits per heavy atom.